The minimum atomic E-state index is -0.955. The van der Waals surface area contributed by atoms with Crippen LogP contribution >= 0.6 is 0 Å². The molecule has 2 saturated heterocycles. The van der Waals surface area contributed by atoms with E-state index in [2.05, 4.69) is 36.1 Å². The lowest BCUT2D eigenvalue weighted by atomic mass is 9.92. The Kier molecular flexibility index (Phi) is 34.7. The van der Waals surface area contributed by atoms with E-state index in [1.54, 1.807) is 107 Å². The average Bonchev–Trinajstić information content (AvgIpc) is 0.881. The summed E-state index contributed by atoms with van der Waals surface area (Å²) in [6.07, 6.45) is 8.67. The largest absolute Gasteiger partial charge is 0.494 e. The van der Waals surface area contributed by atoms with Crippen molar-refractivity contribution in [1.82, 2.24) is 25.8 Å². The summed E-state index contributed by atoms with van der Waals surface area (Å²) in [5.74, 6) is 2.67. The Balaban J connectivity index is 0.000000301. The Morgan fingerprint density at radius 2 is 0.822 bits per heavy atom. The monoisotopic (exact) mass is 1470 g/mol. The minimum Gasteiger partial charge on any atom is -0.494 e. The van der Waals surface area contributed by atoms with Gasteiger partial charge in [-0.25, -0.2) is 24.0 Å². The molecule has 2 atom stereocenters. The highest BCUT2D eigenvalue weighted by molar-refractivity contribution is 6.05. The maximum atomic E-state index is 12.6. The summed E-state index contributed by atoms with van der Waals surface area (Å²) >= 11 is 0. The fourth-order valence-electron chi connectivity index (χ4n) is 11.4. The molecule has 3 amide bonds. The number of amidine groups is 4. The van der Waals surface area contributed by atoms with Gasteiger partial charge in [0.1, 0.15) is 65.6 Å². The number of amides is 3. The highest BCUT2D eigenvalue weighted by atomic mass is 16.7. The van der Waals surface area contributed by atoms with Gasteiger partial charge in [0.05, 0.1) is 26.4 Å². The third kappa shape index (κ3) is 31.6. The number of nitrogens with two attached hydrogens (primary N) is 3. The van der Waals surface area contributed by atoms with E-state index in [9.17, 15) is 24.0 Å². The number of nitrogens with one attached hydrogen (secondary N) is 5. The third-order valence-electron chi connectivity index (χ3n) is 17.8. The molecule has 26 heteroatoms. The predicted octanol–water partition coefficient (Wildman–Crippen LogP) is 12.4. The van der Waals surface area contributed by atoms with Crippen LogP contribution in [0.1, 0.15) is 146 Å². The van der Waals surface area contributed by atoms with Gasteiger partial charge in [0.15, 0.2) is 11.7 Å². The molecule has 576 valence electrons. The van der Waals surface area contributed by atoms with Gasteiger partial charge in [-0.15, -0.1) is 0 Å². The summed E-state index contributed by atoms with van der Waals surface area (Å²) in [4.78, 5) is 75.7. The van der Waals surface area contributed by atoms with E-state index in [4.69, 9.17) is 70.9 Å². The van der Waals surface area contributed by atoms with E-state index >= 15 is 0 Å². The summed E-state index contributed by atoms with van der Waals surface area (Å²) < 4.78 is 39.4. The van der Waals surface area contributed by atoms with Crippen LogP contribution in [0.15, 0.2) is 168 Å². The summed E-state index contributed by atoms with van der Waals surface area (Å²) in [5.41, 5.74) is 21.1. The van der Waals surface area contributed by atoms with E-state index in [1.807, 2.05) is 98.8 Å². The van der Waals surface area contributed by atoms with Crippen LogP contribution in [0, 0.1) is 34.5 Å². The SMILES string of the molecule is CC(C)[C@@H](NC(=O)OC(C)(C)C)C(=O)O/N=C(\N)c1ccc(OCCCC2CCN(CCCOc3ccc(C(=N)NC(=O)OCc4ccccc4)cc3)CC2)cc1.CC(C)[C@H](N)C(=O)O/N=C(\N)c1ccc(OCCCC2CCN(CCCOc3ccc(C(=N)NC(=O)OCc4ccccc4)cc3)CC2)cc1. The molecule has 11 N–H and O–H groups in total. The van der Waals surface area contributed by atoms with Crippen molar-refractivity contribution in [2.24, 2.45) is 51.2 Å². The fraction of sp³-hybridized carbons (Fsp3) is 0.444. The number of carbonyl (C=O) groups excluding carboxylic acids is 5. The molecular weight excluding hydrogens is 1360 g/mol. The molecule has 0 aromatic heterocycles. The first-order valence-electron chi connectivity index (χ1n) is 36.8. The first-order valence-corrected chi connectivity index (χ1v) is 36.8. The maximum absolute atomic E-state index is 12.6. The van der Waals surface area contributed by atoms with Crippen molar-refractivity contribution in [3.63, 3.8) is 0 Å². The number of hydrogen-bond acceptors (Lipinski definition) is 21. The molecule has 2 aliphatic rings. The number of hydrogen-bond donors (Lipinski definition) is 8. The van der Waals surface area contributed by atoms with Crippen molar-refractivity contribution >= 4 is 53.6 Å². The molecule has 2 heterocycles. The molecule has 0 saturated carbocycles. The Morgan fingerprint density at radius 3 is 1.17 bits per heavy atom. The summed E-state index contributed by atoms with van der Waals surface area (Å²) in [6, 6.07) is 45.6. The zero-order valence-corrected chi connectivity index (χ0v) is 62.8. The third-order valence-corrected chi connectivity index (χ3v) is 17.8. The highest BCUT2D eigenvalue weighted by Crippen LogP contribution is 2.26. The molecular formula is C81H108N12O14. The predicted molar refractivity (Wildman–Crippen MR) is 411 cm³/mol. The van der Waals surface area contributed by atoms with Gasteiger partial charge in [0.25, 0.3) is 0 Å². The van der Waals surface area contributed by atoms with Crippen LogP contribution in [0.3, 0.4) is 0 Å². The second-order valence-electron chi connectivity index (χ2n) is 28.1. The van der Waals surface area contributed by atoms with Gasteiger partial charge in [-0.2, -0.15) is 0 Å². The lowest BCUT2D eigenvalue weighted by Gasteiger charge is -2.32. The number of likely N-dealkylation sites (tertiary alicyclic amines) is 2. The van der Waals surface area contributed by atoms with Crippen molar-refractivity contribution < 1.29 is 66.8 Å². The molecule has 0 spiro atoms. The minimum absolute atomic E-state index is 0.0211. The molecule has 8 rings (SSSR count). The normalized spacial score (nSPS) is 14.4. The van der Waals surface area contributed by atoms with Gasteiger partial charge in [-0.05, 0) is 243 Å². The van der Waals surface area contributed by atoms with Crippen LogP contribution in [0.25, 0.3) is 0 Å². The number of carbonyl (C=O) groups is 5. The fourth-order valence-corrected chi connectivity index (χ4v) is 11.4. The van der Waals surface area contributed by atoms with Crippen molar-refractivity contribution in [2.75, 3.05) is 65.7 Å². The smallest absolute Gasteiger partial charge is 0.413 e. The summed E-state index contributed by atoms with van der Waals surface area (Å²) in [6.45, 7) is 21.5. The number of ether oxygens (including phenoxy) is 7. The Labute approximate surface area is 628 Å². The zero-order chi connectivity index (χ0) is 76.9. The molecule has 2 aliphatic heterocycles. The first kappa shape index (κ1) is 83.7. The highest BCUT2D eigenvalue weighted by Gasteiger charge is 2.29. The van der Waals surface area contributed by atoms with Crippen LogP contribution in [0.2, 0.25) is 0 Å². The molecule has 0 aliphatic carbocycles. The molecule has 0 bridgehead atoms. The van der Waals surface area contributed by atoms with Crippen molar-refractivity contribution in [3.05, 3.63) is 191 Å². The molecule has 2 fully saturated rings. The van der Waals surface area contributed by atoms with Gasteiger partial charge in [0, 0.05) is 35.3 Å². The number of oxime groups is 2. The molecule has 0 radical (unpaired) electrons. The Hall–Kier alpha value is -10.6. The number of alkyl carbamates (subject to hydrolysis) is 3. The summed E-state index contributed by atoms with van der Waals surface area (Å²) in [7, 11) is 0. The van der Waals surface area contributed by atoms with Gasteiger partial charge >= 0.3 is 30.2 Å². The van der Waals surface area contributed by atoms with Gasteiger partial charge in [-0.3, -0.25) is 21.5 Å². The van der Waals surface area contributed by atoms with Gasteiger partial charge in [-0.1, -0.05) is 98.7 Å². The van der Waals surface area contributed by atoms with E-state index in [-0.39, 0.29) is 48.4 Å². The van der Waals surface area contributed by atoms with E-state index in [0.717, 1.165) is 119 Å². The average molecular weight is 1470 g/mol. The van der Waals surface area contributed by atoms with Crippen molar-refractivity contribution in [2.45, 2.75) is 144 Å². The quantitative estimate of drug-likeness (QED) is 0.00457. The topological polar surface area (TPSA) is 361 Å². The van der Waals surface area contributed by atoms with E-state index in [0.29, 0.717) is 66.3 Å². The number of benzene rings is 6. The Bertz CT molecular complexity index is 3770. The van der Waals surface area contributed by atoms with Crippen LogP contribution in [-0.4, -0.2) is 147 Å². The number of piperidine rings is 2. The molecule has 107 heavy (non-hydrogen) atoms. The van der Waals surface area contributed by atoms with Crippen LogP contribution in [0.4, 0.5) is 14.4 Å². The lowest BCUT2D eigenvalue weighted by molar-refractivity contribution is -0.147. The summed E-state index contributed by atoms with van der Waals surface area (Å²) in [5, 5.41) is 31.3. The first-order chi connectivity index (χ1) is 51.4. The second-order valence-corrected chi connectivity index (χ2v) is 28.1. The molecule has 6 aromatic carbocycles. The van der Waals surface area contributed by atoms with Gasteiger partial charge in [0.2, 0.25) is 0 Å². The molecule has 26 nitrogen and oxygen atoms in total. The van der Waals surface area contributed by atoms with Crippen LogP contribution < -0.4 is 52.1 Å². The standard InChI is InChI=1S/C43H58N6O8.C38H50N6O6/c1-30(2)37(46-42(52)56-43(3,4)5)40(50)57-48-39(45)34-16-20-35(21-17-34)53-27-9-13-31-22-25-49(26-23-31)24-10-28-54-36-18-14-33(15-19-36)38(44)47-41(51)55-29-32-11-7-6-8-12-32;1-27(2)34(39)37(45)50-43-36(41)31-13-17-32(18-14-31)47-24-6-10-28-19-22-44(23-20-28)21-7-25-48-33-15-11-30(12-16-33)35(40)42-38(46)49-26-29-8-4-3-5-9-29/h6-8,11-12,14-21,30-31,37H,9-10,13,22-29H2,1-5H3,(H2,45,48)(H,46,52)(H2,44,47,51);3-5,8-9,11-18,27-28,34H,6-7,10,19-26,39H2,1-2H3,(H2,41,43)(H2,40,42,46)/t37-;34-/m10/s1. The number of rotatable bonds is 35. The van der Waals surface area contributed by atoms with E-state index in [1.165, 1.54) is 12.8 Å². The van der Waals surface area contributed by atoms with Gasteiger partial charge < -0.3 is 75.2 Å². The second kappa shape index (κ2) is 44.4. The lowest BCUT2D eigenvalue weighted by Crippen LogP contribution is -2.46. The van der Waals surface area contributed by atoms with E-state index < -0.39 is 47.9 Å². The maximum Gasteiger partial charge on any atom is 0.413 e. The van der Waals surface area contributed by atoms with Crippen LogP contribution in [-0.2, 0) is 46.7 Å². The zero-order valence-electron chi connectivity index (χ0n) is 62.8. The Morgan fingerprint density at radius 1 is 0.477 bits per heavy atom. The molecule has 0 unspecified atom stereocenters. The van der Waals surface area contributed by atoms with Crippen molar-refractivity contribution in [3.8, 4) is 23.0 Å². The van der Waals surface area contributed by atoms with Crippen LogP contribution in [0.5, 0.6) is 23.0 Å². The number of nitrogens with zero attached hydrogens (tertiary/aromatic N) is 4. The van der Waals surface area contributed by atoms with Crippen molar-refractivity contribution in [1.29, 1.82) is 10.8 Å². The molecule has 6 aromatic rings.